The molecule has 1 atom stereocenters. The first-order valence-corrected chi connectivity index (χ1v) is 12.4. The summed E-state index contributed by atoms with van der Waals surface area (Å²) in [5.74, 6) is 0.999. The number of nitrogens with zero attached hydrogens (tertiary/aromatic N) is 6. The number of carbonyl (C=O) groups is 1. The van der Waals surface area contributed by atoms with Crippen molar-refractivity contribution < 1.29 is 15.0 Å². The number of Topliss-reactive ketones (excluding diaryl/α,β-unsaturated/α-hetero) is 1. The molecule has 2 saturated heterocycles. The zero-order valence-corrected chi connectivity index (χ0v) is 20.3. The standard InChI is InChI=1S/C25H38N6O3/c1-28-6-12-31(13-7-28)25-3-2-20(18-27-25)21-16-23(33)22(24(34)17-21)19-26-4-5-29-8-10-30(11-9-29)14-15-32/h2-3,18-19,21,32-33H,4-17H2,1H3. The minimum absolute atomic E-state index is 0.0473. The minimum Gasteiger partial charge on any atom is -0.511 e. The van der Waals surface area contributed by atoms with Crippen LogP contribution in [0.5, 0.6) is 0 Å². The summed E-state index contributed by atoms with van der Waals surface area (Å²) in [6.45, 7) is 10.2. The molecule has 3 heterocycles. The second-order valence-electron chi connectivity index (χ2n) is 9.57. The fraction of sp³-hybridized carbons (Fsp3) is 0.640. The maximum Gasteiger partial charge on any atom is 0.168 e. The van der Waals surface area contributed by atoms with Gasteiger partial charge in [0.1, 0.15) is 11.6 Å². The fourth-order valence-electron chi connectivity index (χ4n) is 4.89. The van der Waals surface area contributed by atoms with E-state index in [1.807, 2.05) is 18.3 Å². The Morgan fingerprint density at radius 1 is 1.03 bits per heavy atom. The van der Waals surface area contributed by atoms with E-state index in [2.05, 4.69) is 36.6 Å². The number of piperazine rings is 2. The average molecular weight is 471 g/mol. The van der Waals surface area contributed by atoms with Gasteiger partial charge in [-0.25, -0.2) is 4.98 Å². The number of rotatable bonds is 8. The Bertz CT molecular complexity index is 871. The van der Waals surface area contributed by atoms with Crippen LogP contribution in [0.2, 0.25) is 0 Å². The van der Waals surface area contributed by atoms with E-state index in [0.29, 0.717) is 25.0 Å². The van der Waals surface area contributed by atoms with Crippen molar-refractivity contribution in [3.8, 4) is 0 Å². The number of pyridine rings is 1. The molecule has 1 unspecified atom stereocenters. The molecule has 186 valence electrons. The molecular formula is C25H38N6O3. The van der Waals surface area contributed by atoms with E-state index >= 15 is 0 Å². The van der Waals surface area contributed by atoms with Crippen LogP contribution in [0.15, 0.2) is 34.7 Å². The summed E-state index contributed by atoms with van der Waals surface area (Å²) in [5, 5.41) is 19.6. The Labute approximate surface area is 202 Å². The molecular weight excluding hydrogens is 432 g/mol. The molecule has 1 aromatic heterocycles. The Hall–Kier alpha value is -2.33. The van der Waals surface area contributed by atoms with Crippen LogP contribution in [0.25, 0.3) is 0 Å². The van der Waals surface area contributed by atoms with Gasteiger partial charge in [0.2, 0.25) is 0 Å². The molecule has 2 fully saturated rings. The van der Waals surface area contributed by atoms with Crippen LogP contribution >= 0.6 is 0 Å². The molecule has 9 nitrogen and oxygen atoms in total. The SMILES string of the molecule is CN1CCN(c2ccc(C3CC(=O)C(C=NCCN4CCN(CCO)CC4)=C(O)C3)cn2)CC1. The number of allylic oxidation sites excluding steroid dienone is 2. The lowest BCUT2D eigenvalue weighted by molar-refractivity contribution is -0.116. The van der Waals surface area contributed by atoms with Crippen LogP contribution in [0, 0.1) is 0 Å². The number of aliphatic imine (C=N–C) groups is 1. The van der Waals surface area contributed by atoms with Crippen molar-refractivity contribution in [2.24, 2.45) is 4.99 Å². The van der Waals surface area contributed by atoms with Gasteiger partial charge in [0.25, 0.3) is 0 Å². The van der Waals surface area contributed by atoms with Crippen LogP contribution < -0.4 is 4.90 Å². The van der Waals surface area contributed by atoms with Crippen LogP contribution in [-0.4, -0.2) is 128 Å². The van der Waals surface area contributed by atoms with E-state index in [9.17, 15) is 9.90 Å². The van der Waals surface area contributed by atoms with E-state index in [1.54, 1.807) is 6.21 Å². The Balaban J connectivity index is 1.27. The van der Waals surface area contributed by atoms with Crippen molar-refractivity contribution in [1.29, 1.82) is 0 Å². The summed E-state index contributed by atoms with van der Waals surface area (Å²) in [5.41, 5.74) is 1.35. The molecule has 1 aromatic rings. The van der Waals surface area contributed by atoms with E-state index in [1.165, 1.54) is 0 Å². The normalized spacial score (nSPS) is 23.9. The number of hydrogen-bond donors (Lipinski definition) is 2. The number of aromatic nitrogens is 1. The van der Waals surface area contributed by atoms with Crippen LogP contribution in [0.4, 0.5) is 5.82 Å². The molecule has 0 saturated carbocycles. The number of aliphatic hydroxyl groups is 2. The minimum atomic E-state index is -0.0572. The van der Waals surface area contributed by atoms with Gasteiger partial charge >= 0.3 is 0 Å². The van der Waals surface area contributed by atoms with Crippen molar-refractivity contribution >= 4 is 17.8 Å². The zero-order chi connectivity index (χ0) is 23.9. The number of ketones is 1. The van der Waals surface area contributed by atoms with Gasteiger partial charge in [0, 0.05) is 90.7 Å². The van der Waals surface area contributed by atoms with Crippen LogP contribution in [0.1, 0.15) is 24.3 Å². The van der Waals surface area contributed by atoms with Crippen LogP contribution in [-0.2, 0) is 4.79 Å². The maximum absolute atomic E-state index is 12.7. The molecule has 4 rings (SSSR count). The monoisotopic (exact) mass is 470 g/mol. The largest absolute Gasteiger partial charge is 0.511 e. The maximum atomic E-state index is 12.7. The first kappa shape index (κ1) is 24.8. The third kappa shape index (κ3) is 6.41. The highest BCUT2D eigenvalue weighted by Crippen LogP contribution is 2.33. The highest BCUT2D eigenvalue weighted by molar-refractivity contribution is 6.14. The summed E-state index contributed by atoms with van der Waals surface area (Å²) in [4.78, 5) is 31.0. The van der Waals surface area contributed by atoms with E-state index in [-0.39, 0.29) is 24.1 Å². The molecule has 0 amide bonds. The molecule has 0 radical (unpaired) electrons. The number of aliphatic hydroxyl groups excluding tert-OH is 2. The smallest absolute Gasteiger partial charge is 0.168 e. The number of anilines is 1. The molecule has 9 heteroatoms. The predicted molar refractivity (Wildman–Crippen MR) is 134 cm³/mol. The van der Waals surface area contributed by atoms with E-state index < -0.39 is 0 Å². The first-order chi connectivity index (χ1) is 16.5. The Morgan fingerprint density at radius 3 is 2.35 bits per heavy atom. The third-order valence-electron chi connectivity index (χ3n) is 7.20. The van der Waals surface area contributed by atoms with Gasteiger partial charge in [-0.2, -0.15) is 0 Å². The van der Waals surface area contributed by atoms with E-state index in [0.717, 1.165) is 76.8 Å². The highest BCUT2D eigenvalue weighted by atomic mass is 16.3. The summed E-state index contributed by atoms with van der Waals surface area (Å²) >= 11 is 0. The lowest BCUT2D eigenvalue weighted by Crippen LogP contribution is -2.47. The fourth-order valence-corrected chi connectivity index (χ4v) is 4.89. The lowest BCUT2D eigenvalue weighted by Gasteiger charge is -2.33. The van der Waals surface area contributed by atoms with Crippen LogP contribution in [0.3, 0.4) is 0 Å². The van der Waals surface area contributed by atoms with Crippen molar-refractivity contribution in [2.45, 2.75) is 18.8 Å². The van der Waals surface area contributed by atoms with Gasteiger partial charge in [-0.1, -0.05) is 6.07 Å². The first-order valence-electron chi connectivity index (χ1n) is 12.4. The van der Waals surface area contributed by atoms with Gasteiger partial charge in [0.05, 0.1) is 18.7 Å². The van der Waals surface area contributed by atoms with Gasteiger partial charge in [-0.3, -0.25) is 19.6 Å². The van der Waals surface area contributed by atoms with E-state index in [4.69, 9.17) is 5.11 Å². The lowest BCUT2D eigenvalue weighted by atomic mass is 9.83. The molecule has 2 N–H and O–H groups in total. The number of β-amino-alcohol motifs (C(OH)–C–C–N with tert-alkyl or cyclic N) is 1. The highest BCUT2D eigenvalue weighted by Gasteiger charge is 2.28. The molecule has 0 spiro atoms. The summed E-state index contributed by atoms with van der Waals surface area (Å²) in [7, 11) is 2.13. The Morgan fingerprint density at radius 2 is 1.74 bits per heavy atom. The van der Waals surface area contributed by atoms with Gasteiger partial charge in [-0.05, 0) is 24.6 Å². The topological polar surface area (TPSA) is 95.7 Å². The average Bonchev–Trinajstić information content (AvgIpc) is 2.85. The predicted octanol–water partition coefficient (Wildman–Crippen LogP) is 0.773. The molecule has 2 aliphatic heterocycles. The van der Waals surface area contributed by atoms with Crippen molar-refractivity contribution in [1.82, 2.24) is 19.7 Å². The van der Waals surface area contributed by atoms with Crippen molar-refractivity contribution in [3.63, 3.8) is 0 Å². The number of hydrogen-bond acceptors (Lipinski definition) is 9. The number of carbonyl (C=O) groups excluding carboxylic acids is 1. The third-order valence-corrected chi connectivity index (χ3v) is 7.20. The summed E-state index contributed by atoms with van der Waals surface area (Å²) in [6, 6.07) is 4.08. The molecule has 3 aliphatic rings. The van der Waals surface area contributed by atoms with Gasteiger partial charge in [-0.15, -0.1) is 0 Å². The van der Waals surface area contributed by atoms with Gasteiger partial charge < -0.3 is 20.0 Å². The molecule has 0 bridgehead atoms. The zero-order valence-electron chi connectivity index (χ0n) is 20.3. The Kier molecular flexibility index (Phi) is 8.66. The van der Waals surface area contributed by atoms with Crippen molar-refractivity contribution in [3.05, 3.63) is 35.2 Å². The second-order valence-corrected chi connectivity index (χ2v) is 9.57. The number of likely N-dealkylation sites (N-methyl/N-ethyl adjacent to an activating group) is 1. The summed E-state index contributed by atoms with van der Waals surface area (Å²) < 4.78 is 0. The molecule has 0 aromatic carbocycles. The molecule has 1 aliphatic carbocycles. The second kappa shape index (κ2) is 11.9. The summed E-state index contributed by atoms with van der Waals surface area (Å²) in [6.07, 6.45) is 4.23. The molecule has 34 heavy (non-hydrogen) atoms. The van der Waals surface area contributed by atoms with Crippen molar-refractivity contribution in [2.75, 3.05) is 90.5 Å². The quantitative estimate of drug-likeness (QED) is 0.538. The van der Waals surface area contributed by atoms with Gasteiger partial charge in [0.15, 0.2) is 5.78 Å².